The SMILES string of the molecule is Cc1ccc(C(=O)c2cnc3ccc(F)cc3c2N2CCOCC2)cc1. The summed E-state index contributed by atoms with van der Waals surface area (Å²) < 4.78 is 19.4. The fourth-order valence-electron chi connectivity index (χ4n) is 3.31. The summed E-state index contributed by atoms with van der Waals surface area (Å²) in [6.07, 6.45) is 1.60. The van der Waals surface area contributed by atoms with Crippen LogP contribution in [0.15, 0.2) is 48.7 Å². The fraction of sp³-hybridized carbons (Fsp3) is 0.238. The second-order valence-electron chi connectivity index (χ2n) is 6.48. The van der Waals surface area contributed by atoms with Gasteiger partial charge in [-0.25, -0.2) is 4.39 Å². The van der Waals surface area contributed by atoms with Gasteiger partial charge in [-0.3, -0.25) is 9.78 Å². The Labute approximate surface area is 151 Å². The van der Waals surface area contributed by atoms with Crippen LogP contribution in [0.5, 0.6) is 0 Å². The summed E-state index contributed by atoms with van der Waals surface area (Å²) in [4.78, 5) is 19.6. The Morgan fingerprint density at radius 1 is 1.12 bits per heavy atom. The van der Waals surface area contributed by atoms with Crippen LogP contribution in [0.25, 0.3) is 10.9 Å². The van der Waals surface area contributed by atoms with E-state index < -0.39 is 0 Å². The van der Waals surface area contributed by atoms with Crippen LogP contribution in [0.2, 0.25) is 0 Å². The van der Waals surface area contributed by atoms with E-state index in [0.717, 1.165) is 11.3 Å². The van der Waals surface area contributed by atoms with Gasteiger partial charge in [-0.1, -0.05) is 29.8 Å². The predicted molar refractivity (Wildman–Crippen MR) is 99.3 cm³/mol. The molecule has 0 N–H and O–H groups in total. The minimum atomic E-state index is -0.339. The molecule has 132 valence electrons. The number of aryl methyl sites for hydroxylation is 1. The number of hydrogen-bond donors (Lipinski definition) is 0. The Hall–Kier alpha value is -2.79. The van der Waals surface area contributed by atoms with Crippen molar-refractivity contribution in [3.8, 4) is 0 Å². The molecule has 0 radical (unpaired) electrons. The maximum atomic E-state index is 13.9. The average molecular weight is 350 g/mol. The minimum absolute atomic E-state index is 0.106. The van der Waals surface area contributed by atoms with Gasteiger partial charge < -0.3 is 9.64 Å². The molecule has 1 saturated heterocycles. The molecule has 4 rings (SSSR count). The third-order valence-electron chi connectivity index (χ3n) is 4.69. The Balaban J connectivity index is 1.90. The van der Waals surface area contributed by atoms with Gasteiger partial charge >= 0.3 is 0 Å². The molecule has 2 heterocycles. The second-order valence-corrected chi connectivity index (χ2v) is 6.48. The first-order valence-corrected chi connectivity index (χ1v) is 8.66. The number of ketones is 1. The molecule has 1 aliphatic rings. The Kier molecular flexibility index (Phi) is 4.39. The number of hydrogen-bond acceptors (Lipinski definition) is 4. The molecule has 2 aromatic carbocycles. The molecule has 5 heteroatoms. The van der Waals surface area contributed by atoms with E-state index >= 15 is 0 Å². The highest BCUT2D eigenvalue weighted by Gasteiger charge is 2.23. The zero-order valence-electron chi connectivity index (χ0n) is 14.5. The van der Waals surface area contributed by atoms with Gasteiger partial charge in [-0.15, -0.1) is 0 Å². The lowest BCUT2D eigenvalue weighted by atomic mass is 9.99. The van der Waals surface area contributed by atoms with Crippen molar-refractivity contribution >= 4 is 22.4 Å². The number of anilines is 1. The number of ether oxygens (including phenoxy) is 1. The van der Waals surface area contributed by atoms with Crippen molar-refractivity contribution in [2.45, 2.75) is 6.92 Å². The van der Waals surface area contributed by atoms with Crippen LogP contribution in [0, 0.1) is 12.7 Å². The summed E-state index contributed by atoms with van der Waals surface area (Å²) in [5.41, 5.74) is 3.60. The monoisotopic (exact) mass is 350 g/mol. The van der Waals surface area contributed by atoms with E-state index in [0.29, 0.717) is 48.3 Å². The van der Waals surface area contributed by atoms with Crippen molar-refractivity contribution < 1.29 is 13.9 Å². The van der Waals surface area contributed by atoms with Gasteiger partial charge in [0.1, 0.15) is 5.82 Å². The number of fused-ring (bicyclic) bond motifs is 1. The smallest absolute Gasteiger partial charge is 0.196 e. The van der Waals surface area contributed by atoms with Crippen molar-refractivity contribution in [2.24, 2.45) is 0 Å². The number of benzene rings is 2. The molecular formula is C21H19FN2O2. The molecule has 0 aliphatic carbocycles. The molecule has 0 amide bonds. The minimum Gasteiger partial charge on any atom is -0.378 e. The summed E-state index contributed by atoms with van der Waals surface area (Å²) in [6, 6.07) is 12.0. The maximum absolute atomic E-state index is 13.9. The second kappa shape index (κ2) is 6.84. The van der Waals surface area contributed by atoms with Gasteiger partial charge in [0.05, 0.1) is 30.0 Å². The molecule has 0 unspecified atom stereocenters. The zero-order valence-corrected chi connectivity index (χ0v) is 14.5. The van der Waals surface area contributed by atoms with E-state index in [9.17, 15) is 9.18 Å². The third-order valence-corrected chi connectivity index (χ3v) is 4.69. The maximum Gasteiger partial charge on any atom is 0.196 e. The third kappa shape index (κ3) is 3.06. The van der Waals surface area contributed by atoms with Gasteiger partial charge in [-0.2, -0.15) is 0 Å². The number of pyridine rings is 1. The number of carbonyl (C=O) groups is 1. The Morgan fingerprint density at radius 2 is 1.85 bits per heavy atom. The lowest BCUT2D eigenvalue weighted by Crippen LogP contribution is -2.37. The molecule has 26 heavy (non-hydrogen) atoms. The highest BCUT2D eigenvalue weighted by molar-refractivity contribution is 6.16. The van der Waals surface area contributed by atoms with E-state index in [4.69, 9.17) is 4.74 Å². The highest BCUT2D eigenvalue weighted by Crippen LogP contribution is 2.32. The predicted octanol–water partition coefficient (Wildman–Crippen LogP) is 3.75. The molecule has 0 bridgehead atoms. The molecule has 0 atom stereocenters. The Bertz CT molecular complexity index is 964. The molecule has 1 aromatic heterocycles. The number of rotatable bonds is 3. The summed E-state index contributed by atoms with van der Waals surface area (Å²) in [6.45, 7) is 4.45. The number of aromatic nitrogens is 1. The standard InChI is InChI=1S/C21H19FN2O2/c1-14-2-4-15(5-3-14)21(25)18-13-23-19-7-6-16(22)12-17(19)20(18)24-8-10-26-11-9-24/h2-7,12-13H,8-11H2,1H3. The molecule has 1 aliphatic heterocycles. The van der Waals surface area contributed by atoms with Crippen molar-refractivity contribution in [1.29, 1.82) is 0 Å². The van der Waals surface area contributed by atoms with Crippen LogP contribution in [0.3, 0.4) is 0 Å². The molecule has 1 fully saturated rings. The van der Waals surface area contributed by atoms with E-state index in [-0.39, 0.29) is 11.6 Å². The highest BCUT2D eigenvalue weighted by atomic mass is 19.1. The van der Waals surface area contributed by atoms with Gasteiger partial charge in [0.2, 0.25) is 0 Å². The largest absolute Gasteiger partial charge is 0.378 e. The summed E-state index contributed by atoms with van der Waals surface area (Å²) in [7, 11) is 0. The van der Waals surface area contributed by atoms with Crippen molar-refractivity contribution in [1.82, 2.24) is 4.98 Å². The molecule has 3 aromatic rings. The number of nitrogens with zero attached hydrogens (tertiary/aromatic N) is 2. The van der Waals surface area contributed by atoms with E-state index in [2.05, 4.69) is 9.88 Å². The fourth-order valence-corrected chi connectivity index (χ4v) is 3.31. The first kappa shape index (κ1) is 16.7. The van der Waals surface area contributed by atoms with Gasteiger partial charge in [-0.05, 0) is 25.1 Å². The Morgan fingerprint density at radius 3 is 2.58 bits per heavy atom. The molecule has 0 saturated carbocycles. The van der Waals surface area contributed by atoms with Gasteiger partial charge in [0, 0.05) is 30.2 Å². The average Bonchev–Trinajstić information content (AvgIpc) is 2.67. The summed E-state index contributed by atoms with van der Waals surface area (Å²) >= 11 is 0. The first-order chi connectivity index (χ1) is 12.6. The van der Waals surface area contributed by atoms with Gasteiger partial charge in [0.15, 0.2) is 5.78 Å². The van der Waals surface area contributed by atoms with Crippen molar-refractivity contribution in [3.63, 3.8) is 0 Å². The van der Waals surface area contributed by atoms with E-state index in [1.807, 2.05) is 31.2 Å². The zero-order chi connectivity index (χ0) is 18.1. The number of morpholine rings is 1. The van der Waals surface area contributed by atoms with E-state index in [1.54, 1.807) is 12.3 Å². The number of halogens is 1. The topological polar surface area (TPSA) is 42.4 Å². The lowest BCUT2D eigenvalue weighted by Gasteiger charge is -2.31. The summed E-state index contributed by atoms with van der Waals surface area (Å²) in [5.74, 6) is -0.445. The van der Waals surface area contributed by atoms with Crippen LogP contribution in [-0.2, 0) is 4.74 Å². The quantitative estimate of drug-likeness (QED) is 0.675. The van der Waals surface area contributed by atoms with Crippen LogP contribution >= 0.6 is 0 Å². The molecular weight excluding hydrogens is 331 g/mol. The van der Waals surface area contributed by atoms with E-state index in [1.165, 1.54) is 12.1 Å². The van der Waals surface area contributed by atoms with Crippen LogP contribution in [0.1, 0.15) is 21.5 Å². The van der Waals surface area contributed by atoms with Crippen LogP contribution < -0.4 is 4.90 Å². The number of carbonyl (C=O) groups excluding carboxylic acids is 1. The summed E-state index contributed by atoms with van der Waals surface area (Å²) in [5, 5.41) is 0.657. The normalized spacial score (nSPS) is 14.6. The van der Waals surface area contributed by atoms with Crippen molar-refractivity contribution in [3.05, 3.63) is 71.2 Å². The lowest BCUT2D eigenvalue weighted by molar-refractivity contribution is 0.103. The molecule has 4 nitrogen and oxygen atoms in total. The van der Waals surface area contributed by atoms with Crippen LogP contribution in [0.4, 0.5) is 10.1 Å². The van der Waals surface area contributed by atoms with Crippen molar-refractivity contribution in [2.75, 3.05) is 31.2 Å². The first-order valence-electron chi connectivity index (χ1n) is 8.66. The van der Waals surface area contributed by atoms with Crippen LogP contribution in [-0.4, -0.2) is 37.1 Å². The molecule has 0 spiro atoms. The van der Waals surface area contributed by atoms with Gasteiger partial charge in [0.25, 0.3) is 0 Å².